The van der Waals surface area contributed by atoms with Crippen LogP contribution in [0.1, 0.15) is 23.4 Å². The topological polar surface area (TPSA) is 96.9 Å². The van der Waals surface area contributed by atoms with E-state index in [4.69, 9.17) is 9.47 Å². The number of amides is 3. The standard InChI is InChI=1S/C20H27N5O4S/c1-24(2)20(27)25-9-5-6-14(12-25)18(26)21-19-23-22-17(30-19)11-13-7-8-15(28-3)16(10-13)29-4/h7-8,10,14H,5-6,9,11-12H2,1-4H3,(H,21,23,26)/t14-/m1/s1. The molecule has 1 saturated heterocycles. The highest BCUT2D eigenvalue weighted by Gasteiger charge is 2.29. The summed E-state index contributed by atoms with van der Waals surface area (Å²) in [7, 11) is 6.62. The zero-order valence-electron chi connectivity index (χ0n) is 17.7. The summed E-state index contributed by atoms with van der Waals surface area (Å²) in [4.78, 5) is 28.1. The van der Waals surface area contributed by atoms with Gasteiger partial charge in [-0.1, -0.05) is 17.4 Å². The number of hydrogen-bond donors (Lipinski definition) is 1. The molecule has 1 atom stereocenters. The quantitative estimate of drug-likeness (QED) is 0.752. The van der Waals surface area contributed by atoms with Crippen LogP contribution in [0.4, 0.5) is 9.93 Å². The lowest BCUT2D eigenvalue weighted by molar-refractivity contribution is -0.121. The molecule has 1 aromatic heterocycles. The summed E-state index contributed by atoms with van der Waals surface area (Å²) in [6.45, 7) is 1.09. The number of likely N-dealkylation sites (tertiary alicyclic amines) is 1. The summed E-state index contributed by atoms with van der Waals surface area (Å²) in [5.41, 5.74) is 1.01. The largest absolute Gasteiger partial charge is 0.493 e. The average Bonchev–Trinajstić information content (AvgIpc) is 3.19. The molecule has 1 N–H and O–H groups in total. The molecule has 1 aliphatic heterocycles. The summed E-state index contributed by atoms with van der Waals surface area (Å²) >= 11 is 1.34. The van der Waals surface area contributed by atoms with Gasteiger partial charge >= 0.3 is 6.03 Å². The molecule has 3 amide bonds. The van der Waals surface area contributed by atoms with Crippen LogP contribution in [0.2, 0.25) is 0 Å². The minimum absolute atomic E-state index is 0.0689. The van der Waals surface area contributed by atoms with E-state index in [0.29, 0.717) is 36.1 Å². The SMILES string of the molecule is COc1ccc(Cc2nnc(NC(=O)[C@@H]3CCCN(C(=O)N(C)C)C3)s2)cc1OC. The number of benzene rings is 1. The van der Waals surface area contributed by atoms with E-state index in [1.54, 1.807) is 33.2 Å². The van der Waals surface area contributed by atoms with Gasteiger partial charge in [-0.3, -0.25) is 4.79 Å². The van der Waals surface area contributed by atoms with Gasteiger partial charge in [0.15, 0.2) is 11.5 Å². The summed E-state index contributed by atoms with van der Waals surface area (Å²) in [5, 5.41) is 12.4. The third kappa shape index (κ3) is 5.18. The van der Waals surface area contributed by atoms with Crippen molar-refractivity contribution in [1.29, 1.82) is 0 Å². The minimum Gasteiger partial charge on any atom is -0.493 e. The Morgan fingerprint density at radius 3 is 2.70 bits per heavy atom. The van der Waals surface area contributed by atoms with E-state index in [0.717, 1.165) is 23.4 Å². The van der Waals surface area contributed by atoms with Crippen molar-refractivity contribution in [3.05, 3.63) is 28.8 Å². The van der Waals surface area contributed by atoms with E-state index in [1.807, 2.05) is 18.2 Å². The number of anilines is 1. The highest BCUT2D eigenvalue weighted by atomic mass is 32.1. The lowest BCUT2D eigenvalue weighted by Crippen LogP contribution is -2.47. The summed E-state index contributed by atoms with van der Waals surface area (Å²) in [6.07, 6.45) is 2.13. The predicted octanol–water partition coefficient (Wildman–Crippen LogP) is 2.48. The second-order valence-corrected chi connectivity index (χ2v) is 8.38. The van der Waals surface area contributed by atoms with Crippen LogP contribution in [0.15, 0.2) is 18.2 Å². The Kier molecular flexibility index (Phi) is 7.09. The molecule has 1 aliphatic rings. The molecular formula is C20H27N5O4S. The molecule has 2 heterocycles. The molecule has 1 aromatic carbocycles. The first-order chi connectivity index (χ1) is 14.4. The first kappa shape index (κ1) is 21.8. The Bertz CT molecular complexity index is 901. The number of hydrogen-bond acceptors (Lipinski definition) is 7. The molecule has 30 heavy (non-hydrogen) atoms. The maximum absolute atomic E-state index is 12.7. The van der Waals surface area contributed by atoms with Crippen molar-refractivity contribution in [1.82, 2.24) is 20.0 Å². The number of methoxy groups -OCH3 is 2. The molecule has 0 bridgehead atoms. The van der Waals surface area contributed by atoms with Crippen molar-refractivity contribution < 1.29 is 19.1 Å². The average molecular weight is 434 g/mol. The number of piperidine rings is 1. The van der Waals surface area contributed by atoms with Crippen LogP contribution in [0.5, 0.6) is 11.5 Å². The van der Waals surface area contributed by atoms with E-state index < -0.39 is 0 Å². The Morgan fingerprint density at radius 2 is 2.00 bits per heavy atom. The van der Waals surface area contributed by atoms with Gasteiger partial charge in [-0.25, -0.2) is 4.79 Å². The molecule has 0 unspecified atom stereocenters. The van der Waals surface area contributed by atoms with Crippen molar-refractivity contribution in [3.8, 4) is 11.5 Å². The van der Waals surface area contributed by atoms with Crippen LogP contribution in [0.25, 0.3) is 0 Å². The summed E-state index contributed by atoms with van der Waals surface area (Å²) in [6, 6.07) is 5.62. The van der Waals surface area contributed by atoms with Crippen LogP contribution >= 0.6 is 11.3 Å². The second-order valence-electron chi connectivity index (χ2n) is 7.32. The molecule has 162 valence electrons. The normalized spacial score (nSPS) is 16.1. The third-order valence-electron chi connectivity index (χ3n) is 4.95. The highest BCUT2D eigenvalue weighted by Crippen LogP contribution is 2.29. The fourth-order valence-corrected chi connectivity index (χ4v) is 4.17. The van der Waals surface area contributed by atoms with Crippen LogP contribution in [0, 0.1) is 5.92 Å². The molecular weight excluding hydrogens is 406 g/mol. The molecule has 9 nitrogen and oxygen atoms in total. The number of carbonyl (C=O) groups is 2. The number of nitrogens with zero attached hydrogens (tertiary/aromatic N) is 4. The van der Waals surface area contributed by atoms with E-state index in [-0.39, 0.29) is 17.9 Å². The van der Waals surface area contributed by atoms with Gasteiger partial charge in [0.1, 0.15) is 5.01 Å². The van der Waals surface area contributed by atoms with E-state index in [1.165, 1.54) is 16.2 Å². The fourth-order valence-electron chi connectivity index (χ4n) is 3.40. The van der Waals surface area contributed by atoms with Crippen LogP contribution < -0.4 is 14.8 Å². The van der Waals surface area contributed by atoms with Crippen LogP contribution in [-0.2, 0) is 11.2 Å². The van der Waals surface area contributed by atoms with Gasteiger partial charge in [-0.2, -0.15) is 0 Å². The minimum atomic E-state index is -0.249. The summed E-state index contributed by atoms with van der Waals surface area (Å²) in [5.74, 6) is 0.948. The zero-order chi connectivity index (χ0) is 21.7. The number of carbonyl (C=O) groups excluding carboxylic acids is 2. The molecule has 1 fully saturated rings. The highest BCUT2D eigenvalue weighted by molar-refractivity contribution is 7.15. The second kappa shape index (κ2) is 9.75. The monoisotopic (exact) mass is 433 g/mol. The van der Waals surface area contributed by atoms with Gasteiger partial charge in [0.25, 0.3) is 0 Å². The number of rotatable bonds is 6. The number of aromatic nitrogens is 2. The van der Waals surface area contributed by atoms with Gasteiger partial charge in [-0.15, -0.1) is 10.2 Å². The van der Waals surface area contributed by atoms with Crippen molar-refractivity contribution in [2.45, 2.75) is 19.3 Å². The first-order valence-corrected chi connectivity index (χ1v) is 10.5. The van der Waals surface area contributed by atoms with Crippen molar-refractivity contribution in [2.75, 3.05) is 46.7 Å². The molecule has 10 heteroatoms. The lowest BCUT2D eigenvalue weighted by atomic mass is 9.97. The molecule has 0 spiro atoms. The Hall–Kier alpha value is -2.88. The Labute approximate surface area is 180 Å². The van der Waals surface area contributed by atoms with Gasteiger partial charge in [0, 0.05) is 33.6 Å². The predicted molar refractivity (Wildman–Crippen MR) is 114 cm³/mol. The van der Waals surface area contributed by atoms with E-state index in [9.17, 15) is 9.59 Å². The lowest BCUT2D eigenvalue weighted by Gasteiger charge is -2.33. The zero-order valence-corrected chi connectivity index (χ0v) is 18.5. The summed E-state index contributed by atoms with van der Waals surface area (Å²) < 4.78 is 10.6. The van der Waals surface area contributed by atoms with Crippen molar-refractivity contribution in [2.24, 2.45) is 5.92 Å². The third-order valence-corrected chi connectivity index (χ3v) is 5.78. The van der Waals surface area contributed by atoms with Gasteiger partial charge < -0.3 is 24.6 Å². The van der Waals surface area contributed by atoms with Crippen molar-refractivity contribution in [3.63, 3.8) is 0 Å². The molecule has 0 aliphatic carbocycles. The van der Waals surface area contributed by atoms with Crippen LogP contribution in [-0.4, -0.2) is 73.3 Å². The van der Waals surface area contributed by atoms with E-state index in [2.05, 4.69) is 15.5 Å². The smallest absolute Gasteiger partial charge is 0.319 e. The molecule has 2 aromatic rings. The van der Waals surface area contributed by atoms with Crippen LogP contribution in [0.3, 0.4) is 0 Å². The van der Waals surface area contributed by atoms with Crippen molar-refractivity contribution >= 4 is 28.4 Å². The fraction of sp³-hybridized carbons (Fsp3) is 0.500. The molecule has 3 rings (SSSR count). The van der Waals surface area contributed by atoms with E-state index >= 15 is 0 Å². The molecule has 0 radical (unpaired) electrons. The number of nitrogens with one attached hydrogen (secondary N) is 1. The maximum Gasteiger partial charge on any atom is 0.319 e. The Morgan fingerprint density at radius 1 is 1.23 bits per heavy atom. The molecule has 0 saturated carbocycles. The maximum atomic E-state index is 12.7. The first-order valence-electron chi connectivity index (χ1n) is 9.71. The van der Waals surface area contributed by atoms with Gasteiger partial charge in [-0.05, 0) is 30.5 Å². The van der Waals surface area contributed by atoms with Gasteiger partial charge in [0.05, 0.1) is 20.1 Å². The number of urea groups is 1. The Balaban J connectivity index is 1.60. The van der Waals surface area contributed by atoms with Gasteiger partial charge in [0.2, 0.25) is 11.0 Å². The number of ether oxygens (including phenoxy) is 2.